The molecule has 3 rings (SSSR count). The van der Waals surface area contributed by atoms with Crippen LogP contribution in [0.3, 0.4) is 0 Å². The third-order valence-corrected chi connectivity index (χ3v) is 8.37. The summed E-state index contributed by atoms with van der Waals surface area (Å²) in [7, 11) is 0. The van der Waals surface area contributed by atoms with Crippen LogP contribution < -0.4 is 0 Å². The average Bonchev–Trinajstić information content (AvgIpc) is 2.84. The molecule has 2 aliphatic heterocycles. The molecule has 0 amide bonds. The van der Waals surface area contributed by atoms with E-state index in [1.165, 1.54) is 38.5 Å². The Balaban J connectivity index is 1.91. The van der Waals surface area contributed by atoms with Gasteiger partial charge in [0.25, 0.3) is 0 Å². The monoisotopic (exact) mass is 350 g/mol. The van der Waals surface area contributed by atoms with Gasteiger partial charge in [-0.3, -0.25) is 0 Å². The van der Waals surface area contributed by atoms with Gasteiger partial charge in [-0.1, -0.05) is 41.5 Å². The lowest BCUT2D eigenvalue weighted by atomic mass is 9.62. The Labute approximate surface area is 156 Å². The molecule has 0 spiro atoms. The quantitative estimate of drug-likeness (QED) is 0.695. The molecule has 0 aromatic rings. The average molecular weight is 351 g/mol. The van der Waals surface area contributed by atoms with Crippen LogP contribution in [-0.2, 0) is 4.74 Å². The SMILES string of the molecule is CC(C)C1CCC(O)(C(C)C)CC2CC3(C(C)C)CCC(CC2C1)O3. The first-order valence-corrected chi connectivity index (χ1v) is 11.1. The second-order valence-electron chi connectivity index (χ2n) is 10.7. The number of ether oxygens (including phenoxy) is 1. The van der Waals surface area contributed by atoms with Gasteiger partial charge in [0.15, 0.2) is 0 Å². The molecule has 1 saturated carbocycles. The van der Waals surface area contributed by atoms with Crippen LogP contribution in [0.15, 0.2) is 0 Å². The molecule has 0 aromatic heterocycles. The molecule has 6 atom stereocenters. The molecule has 6 unspecified atom stereocenters. The minimum atomic E-state index is -0.488. The molecule has 2 bridgehead atoms. The second kappa shape index (κ2) is 7.15. The molecular weight excluding hydrogens is 308 g/mol. The summed E-state index contributed by atoms with van der Waals surface area (Å²) in [4.78, 5) is 0. The summed E-state index contributed by atoms with van der Waals surface area (Å²) in [5, 5.41) is 11.5. The molecule has 146 valence electrons. The van der Waals surface area contributed by atoms with Gasteiger partial charge >= 0.3 is 0 Å². The fourth-order valence-electron chi connectivity index (χ4n) is 6.13. The highest BCUT2D eigenvalue weighted by Gasteiger charge is 2.51. The minimum absolute atomic E-state index is 0.0779. The van der Waals surface area contributed by atoms with Crippen molar-refractivity contribution in [2.75, 3.05) is 0 Å². The van der Waals surface area contributed by atoms with Crippen molar-refractivity contribution < 1.29 is 9.84 Å². The maximum absolute atomic E-state index is 11.5. The number of hydrogen-bond acceptors (Lipinski definition) is 2. The van der Waals surface area contributed by atoms with Crippen molar-refractivity contribution in [3.63, 3.8) is 0 Å². The molecule has 1 aliphatic carbocycles. The molecule has 1 N–H and O–H groups in total. The van der Waals surface area contributed by atoms with Gasteiger partial charge in [-0.05, 0) is 86.9 Å². The highest BCUT2D eigenvalue weighted by atomic mass is 16.5. The molecule has 3 aliphatic rings. The molecule has 25 heavy (non-hydrogen) atoms. The predicted octanol–water partition coefficient (Wildman–Crippen LogP) is 5.82. The first-order valence-electron chi connectivity index (χ1n) is 11.1. The van der Waals surface area contributed by atoms with Crippen LogP contribution in [0.2, 0.25) is 0 Å². The lowest BCUT2D eigenvalue weighted by molar-refractivity contribution is -0.0861. The van der Waals surface area contributed by atoms with E-state index in [1.54, 1.807) is 0 Å². The van der Waals surface area contributed by atoms with Crippen LogP contribution in [0.25, 0.3) is 0 Å². The van der Waals surface area contributed by atoms with Crippen LogP contribution in [0, 0.1) is 35.5 Å². The van der Waals surface area contributed by atoms with Crippen LogP contribution in [0.1, 0.15) is 92.9 Å². The van der Waals surface area contributed by atoms with E-state index in [4.69, 9.17) is 4.74 Å². The molecule has 2 nitrogen and oxygen atoms in total. The second-order valence-corrected chi connectivity index (χ2v) is 10.7. The Morgan fingerprint density at radius 2 is 1.56 bits per heavy atom. The standard InChI is InChI=1S/C23H42O2/c1-15(2)18-7-9-22(24,16(3)4)13-20-14-23(17(5)6)10-8-21(25-23)12-19(20)11-18/h15-21,24H,7-14H2,1-6H3. The first kappa shape index (κ1) is 19.7. The Hall–Kier alpha value is -0.0800. The lowest BCUT2D eigenvalue weighted by Gasteiger charge is -2.45. The third-order valence-electron chi connectivity index (χ3n) is 8.37. The van der Waals surface area contributed by atoms with Crippen molar-refractivity contribution in [1.29, 1.82) is 0 Å². The van der Waals surface area contributed by atoms with Gasteiger partial charge in [0.1, 0.15) is 0 Å². The first-order chi connectivity index (χ1) is 11.7. The zero-order valence-corrected chi connectivity index (χ0v) is 17.6. The van der Waals surface area contributed by atoms with Crippen molar-refractivity contribution in [3.8, 4) is 0 Å². The predicted molar refractivity (Wildman–Crippen MR) is 104 cm³/mol. The van der Waals surface area contributed by atoms with E-state index >= 15 is 0 Å². The van der Waals surface area contributed by atoms with E-state index in [0.717, 1.165) is 30.6 Å². The fourth-order valence-corrected chi connectivity index (χ4v) is 6.13. The fraction of sp³-hybridized carbons (Fsp3) is 1.00. The zero-order valence-electron chi connectivity index (χ0n) is 17.6. The van der Waals surface area contributed by atoms with Crippen LogP contribution >= 0.6 is 0 Å². The Kier molecular flexibility index (Phi) is 5.63. The molecule has 2 saturated heterocycles. The van der Waals surface area contributed by atoms with E-state index in [1.807, 2.05) is 0 Å². The lowest BCUT2D eigenvalue weighted by Crippen LogP contribution is -2.44. The number of aliphatic hydroxyl groups is 1. The summed E-state index contributed by atoms with van der Waals surface area (Å²) in [6, 6.07) is 0. The molecule has 0 radical (unpaired) electrons. The highest BCUT2D eigenvalue weighted by Crippen LogP contribution is 2.53. The molecule has 0 aromatic carbocycles. The molecule has 2 heterocycles. The molecular formula is C23H42O2. The van der Waals surface area contributed by atoms with Crippen LogP contribution in [-0.4, -0.2) is 22.4 Å². The summed E-state index contributed by atoms with van der Waals surface area (Å²) in [6.45, 7) is 13.9. The van der Waals surface area contributed by atoms with Gasteiger partial charge in [0, 0.05) is 0 Å². The van der Waals surface area contributed by atoms with Crippen LogP contribution in [0.4, 0.5) is 0 Å². The molecule has 3 fully saturated rings. The van der Waals surface area contributed by atoms with Crippen molar-refractivity contribution in [2.24, 2.45) is 35.5 Å². The number of rotatable bonds is 3. The van der Waals surface area contributed by atoms with Crippen LogP contribution in [0.5, 0.6) is 0 Å². The third kappa shape index (κ3) is 3.81. The summed E-state index contributed by atoms with van der Waals surface area (Å²) in [5.74, 6) is 3.76. The summed E-state index contributed by atoms with van der Waals surface area (Å²) < 4.78 is 6.69. The number of fused-ring (bicyclic) bond motifs is 3. The topological polar surface area (TPSA) is 29.5 Å². The smallest absolute Gasteiger partial charge is 0.0712 e. The Morgan fingerprint density at radius 3 is 2.16 bits per heavy atom. The van der Waals surface area contributed by atoms with E-state index < -0.39 is 5.60 Å². The molecule has 2 heteroatoms. The van der Waals surface area contributed by atoms with E-state index in [0.29, 0.717) is 23.9 Å². The van der Waals surface area contributed by atoms with Gasteiger partial charge in [-0.2, -0.15) is 0 Å². The normalized spacial score (nSPS) is 45.4. The van der Waals surface area contributed by atoms with E-state index in [9.17, 15) is 5.11 Å². The largest absolute Gasteiger partial charge is 0.390 e. The maximum Gasteiger partial charge on any atom is 0.0712 e. The highest BCUT2D eigenvalue weighted by molar-refractivity contribution is 5.01. The van der Waals surface area contributed by atoms with Crippen molar-refractivity contribution in [2.45, 2.75) is 110 Å². The van der Waals surface area contributed by atoms with Gasteiger partial charge in [0.05, 0.1) is 17.3 Å². The van der Waals surface area contributed by atoms with Crippen molar-refractivity contribution in [1.82, 2.24) is 0 Å². The van der Waals surface area contributed by atoms with Gasteiger partial charge in [-0.15, -0.1) is 0 Å². The van der Waals surface area contributed by atoms with Crippen molar-refractivity contribution in [3.05, 3.63) is 0 Å². The maximum atomic E-state index is 11.5. The number of hydrogen-bond donors (Lipinski definition) is 1. The summed E-state index contributed by atoms with van der Waals surface area (Å²) in [6.07, 6.45) is 9.87. The Morgan fingerprint density at radius 1 is 0.840 bits per heavy atom. The van der Waals surface area contributed by atoms with Gasteiger partial charge in [0.2, 0.25) is 0 Å². The van der Waals surface area contributed by atoms with Crippen molar-refractivity contribution >= 4 is 0 Å². The summed E-state index contributed by atoms with van der Waals surface area (Å²) >= 11 is 0. The van der Waals surface area contributed by atoms with E-state index in [2.05, 4.69) is 41.5 Å². The Bertz CT molecular complexity index is 457. The minimum Gasteiger partial charge on any atom is -0.390 e. The van der Waals surface area contributed by atoms with Gasteiger partial charge < -0.3 is 9.84 Å². The van der Waals surface area contributed by atoms with Gasteiger partial charge in [-0.25, -0.2) is 0 Å². The zero-order chi connectivity index (χ0) is 18.4. The van der Waals surface area contributed by atoms with E-state index in [-0.39, 0.29) is 5.60 Å². The summed E-state index contributed by atoms with van der Waals surface area (Å²) in [5.41, 5.74) is -0.410.